The summed E-state index contributed by atoms with van der Waals surface area (Å²) in [4.78, 5) is 15.7. The van der Waals surface area contributed by atoms with Crippen LogP contribution < -0.4 is 0 Å². The Morgan fingerprint density at radius 3 is 2.86 bits per heavy atom. The van der Waals surface area contributed by atoms with Crippen LogP contribution in [-0.4, -0.2) is 27.8 Å². The van der Waals surface area contributed by atoms with E-state index in [-0.39, 0.29) is 0 Å². The molecule has 2 aromatic heterocycles. The van der Waals surface area contributed by atoms with Crippen molar-refractivity contribution in [1.29, 1.82) is 0 Å². The van der Waals surface area contributed by atoms with E-state index in [1.54, 1.807) is 18.5 Å². The average Bonchev–Trinajstić information content (AvgIpc) is 3.01. The van der Waals surface area contributed by atoms with Crippen molar-refractivity contribution >= 4 is 16.7 Å². The molecule has 0 aliphatic heterocycles. The summed E-state index contributed by atoms with van der Waals surface area (Å²) in [6, 6.07) is 9.79. The van der Waals surface area contributed by atoms with Crippen molar-refractivity contribution in [2.75, 3.05) is 7.11 Å². The highest BCUT2D eigenvalue weighted by Crippen LogP contribution is 2.24. The quantitative estimate of drug-likeness (QED) is 0.693. The monoisotopic (exact) mass is 281 g/mol. The highest BCUT2D eigenvalue weighted by atomic mass is 16.5. The molecule has 106 valence electrons. The van der Waals surface area contributed by atoms with Gasteiger partial charge in [0.05, 0.1) is 12.8 Å². The lowest BCUT2D eigenvalue weighted by Gasteiger charge is -2.07. The molecule has 21 heavy (non-hydrogen) atoms. The molecule has 0 saturated carbocycles. The Balaban J connectivity index is 2.12. The summed E-state index contributed by atoms with van der Waals surface area (Å²) in [6.45, 7) is 2.86. The largest absolute Gasteiger partial charge is 0.464 e. The second-order valence-corrected chi connectivity index (χ2v) is 4.66. The maximum atomic E-state index is 11.6. The third-order valence-corrected chi connectivity index (χ3v) is 3.43. The molecule has 0 bridgehead atoms. The Kier molecular flexibility index (Phi) is 3.39. The van der Waals surface area contributed by atoms with Crippen molar-refractivity contribution in [2.45, 2.75) is 13.5 Å². The number of benzene rings is 1. The van der Waals surface area contributed by atoms with Crippen molar-refractivity contribution < 1.29 is 9.53 Å². The SMILES string of the molecule is CCn1nccc1-c1ccc2cnc(C(=O)OC)cc2c1. The number of pyridine rings is 1. The minimum Gasteiger partial charge on any atom is -0.464 e. The number of hydrogen-bond acceptors (Lipinski definition) is 4. The zero-order chi connectivity index (χ0) is 14.8. The predicted octanol–water partition coefficient (Wildman–Crippen LogP) is 2.90. The lowest BCUT2D eigenvalue weighted by atomic mass is 10.1. The summed E-state index contributed by atoms with van der Waals surface area (Å²) in [7, 11) is 1.35. The molecule has 0 fully saturated rings. The van der Waals surface area contributed by atoms with Crippen LogP contribution in [0.2, 0.25) is 0 Å². The van der Waals surface area contributed by atoms with E-state index in [0.717, 1.165) is 28.6 Å². The fourth-order valence-corrected chi connectivity index (χ4v) is 2.35. The Labute approximate surface area is 122 Å². The molecule has 1 aromatic carbocycles. The molecule has 2 heterocycles. The van der Waals surface area contributed by atoms with E-state index >= 15 is 0 Å². The molecule has 0 radical (unpaired) electrons. The lowest BCUT2D eigenvalue weighted by molar-refractivity contribution is 0.0594. The number of rotatable bonds is 3. The van der Waals surface area contributed by atoms with Gasteiger partial charge in [-0.2, -0.15) is 5.10 Å². The predicted molar refractivity (Wildman–Crippen MR) is 80.0 cm³/mol. The van der Waals surface area contributed by atoms with Crippen LogP contribution in [0.5, 0.6) is 0 Å². The first-order valence-corrected chi connectivity index (χ1v) is 6.73. The van der Waals surface area contributed by atoms with Gasteiger partial charge in [-0.05, 0) is 30.5 Å². The molecule has 3 rings (SSSR count). The second-order valence-electron chi connectivity index (χ2n) is 4.66. The molecule has 0 amide bonds. The third-order valence-electron chi connectivity index (χ3n) is 3.43. The van der Waals surface area contributed by atoms with E-state index in [2.05, 4.69) is 17.0 Å². The van der Waals surface area contributed by atoms with Crippen LogP contribution in [0.15, 0.2) is 42.7 Å². The van der Waals surface area contributed by atoms with Crippen LogP contribution in [0, 0.1) is 0 Å². The molecule has 0 atom stereocenters. The maximum Gasteiger partial charge on any atom is 0.356 e. The van der Waals surface area contributed by atoms with Crippen LogP contribution in [0.1, 0.15) is 17.4 Å². The number of carbonyl (C=O) groups excluding carboxylic acids is 1. The standard InChI is InChI=1S/C16H15N3O2/c1-3-19-15(6-7-18-19)11-4-5-12-10-17-14(16(20)21-2)9-13(12)8-11/h4-10H,3H2,1-2H3. The summed E-state index contributed by atoms with van der Waals surface area (Å²) in [5, 5.41) is 6.21. The number of nitrogens with zero attached hydrogens (tertiary/aromatic N) is 3. The summed E-state index contributed by atoms with van der Waals surface area (Å²) < 4.78 is 6.64. The van der Waals surface area contributed by atoms with Crippen LogP contribution >= 0.6 is 0 Å². The smallest absolute Gasteiger partial charge is 0.356 e. The summed E-state index contributed by atoms with van der Waals surface area (Å²) in [5.74, 6) is -0.430. The Morgan fingerprint density at radius 1 is 1.24 bits per heavy atom. The van der Waals surface area contributed by atoms with Gasteiger partial charge in [0, 0.05) is 29.9 Å². The van der Waals surface area contributed by atoms with E-state index in [1.165, 1.54) is 7.11 Å². The fraction of sp³-hybridized carbons (Fsp3) is 0.188. The first kappa shape index (κ1) is 13.3. The van der Waals surface area contributed by atoms with Gasteiger partial charge in [-0.1, -0.05) is 12.1 Å². The number of esters is 1. The van der Waals surface area contributed by atoms with Gasteiger partial charge < -0.3 is 4.74 Å². The summed E-state index contributed by atoms with van der Waals surface area (Å²) >= 11 is 0. The Hall–Kier alpha value is -2.69. The molecule has 0 unspecified atom stereocenters. The molecule has 0 saturated heterocycles. The molecule has 0 spiro atoms. The van der Waals surface area contributed by atoms with E-state index in [9.17, 15) is 4.79 Å². The molecule has 0 N–H and O–H groups in total. The van der Waals surface area contributed by atoms with Crippen LogP contribution in [0.3, 0.4) is 0 Å². The number of aryl methyl sites for hydroxylation is 1. The van der Waals surface area contributed by atoms with Gasteiger partial charge in [-0.3, -0.25) is 4.68 Å². The first-order valence-electron chi connectivity index (χ1n) is 6.73. The number of hydrogen-bond donors (Lipinski definition) is 0. The number of carbonyl (C=O) groups is 1. The van der Waals surface area contributed by atoms with E-state index < -0.39 is 5.97 Å². The zero-order valence-electron chi connectivity index (χ0n) is 11.9. The van der Waals surface area contributed by atoms with Crippen molar-refractivity contribution in [1.82, 2.24) is 14.8 Å². The van der Waals surface area contributed by atoms with E-state index in [4.69, 9.17) is 4.74 Å². The van der Waals surface area contributed by atoms with Crippen LogP contribution in [0.4, 0.5) is 0 Å². The highest BCUT2D eigenvalue weighted by molar-refractivity contribution is 5.94. The number of fused-ring (bicyclic) bond motifs is 1. The topological polar surface area (TPSA) is 57.0 Å². The number of aromatic nitrogens is 3. The van der Waals surface area contributed by atoms with Crippen LogP contribution in [0.25, 0.3) is 22.0 Å². The number of methoxy groups -OCH3 is 1. The van der Waals surface area contributed by atoms with Gasteiger partial charge in [-0.15, -0.1) is 0 Å². The van der Waals surface area contributed by atoms with Gasteiger partial charge in [0.1, 0.15) is 5.69 Å². The summed E-state index contributed by atoms with van der Waals surface area (Å²) in [6.07, 6.45) is 3.47. The molecule has 0 aliphatic rings. The average molecular weight is 281 g/mol. The molecule has 5 nitrogen and oxygen atoms in total. The lowest BCUT2D eigenvalue weighted by Crippen LogP contribution is -2.03. The zero-order valence-corrected chi connectivity index (χ0v) is 11.9. The Bertz CT molecular complexity index is 808. The van der Waals surface area contributed by atoms with Crippen molar-refractivity contribution in [3.63, 3.8) is 0 Å². The minimum atomic E-state index is -0.430. The highest BCUT2D eigenvalue weighted by Gasteiger charge is 2.09. The minimum absolute atomic E-state index is 0.311. The van der Waals surface area contributed by atoms with Crippen LogP contribution in [-0.2, 0) is 11.3 Å². The molecular weight excluding hydrogens is 266 g/mol. The first-order chi connectivity index (χ1) is 10.2. The molecule has 3 aromatic rings. The number of ether oxygens (including phenoxy) is 1. The normalized spacial score (nSPS) is 10.8. The van der Waals surface area contributed by atoms with Gasteiger partial charge >= 0.3 is 5.97 Å². The van der Waals surface area contributed by atoms with Gasteiger partial charge in [0.25, 0.3) is 0 Å². The second kappa shape index (κ2) is 5.36. The maximum absolute atomic E-state index is 11.6. The molecule has 5 heteroatoms. The van der Waals surface area contributed by atoms with E-state index in [0.29, 0.717) is 5.69 Å². The van der Waals surface area contributed by atoms with Crippen molar-refractivity contribution in [2.24, 2.45) is 0 Å². The van der Waals surface area contributed by atoms with Crippen molar-refractivity contribution in [3.05, 3.63) is 48.4 Å². The Morgan fingerprint density at radius 2 is 2.10 bits per heavy atom. The summed E-state index contributed by atoms with van der Waals surface area (Å²) in [5.41, 5.74) is 2.42. The molecular formula is C16H15N3O2. The third kappa shape index (κ3) is 2.38. The molecule has 0 aliphatic carbocycles. The van der Waals surface area contributed by atoms with Gasteiger partial charge in [-0.25, -0.2) is 9.78 Å². The van der Waals surface area contributed by atoms with E-state index in [1.807, 2.05) is 28.9 Å². The fourth-order valence-electron chi connectivity index (χ4n) is 2.35. The van der Waals surface area contributed by atoms with Gasteiger partial charge in [0.2, 0.25) is 0 Å². The van der Waals surface area contributed by atoms with Gasteiger partial charge in [0.15, 0.2) is 0 Å². The van der Waals surface area contributed by atoms with Crippen molar-refractivity contribution in [3.8, 4) is 11.3 Å².